The third kappa shape index (κ3) is 1.42. The first-order chi connectivity index (χ1) is 6.09. The quantitative estimate of drug-likeness (QED) is 0.723. The summed E-state index contributed by atoms with van der Waals surface area (Å²) >= 11 is 0. The largest absolute Gasteiger partial charge is 0.394 e. The topological polar surface area (TPSA) is 56.2 Å². The molecule has 76 valence electrons. The molecule has 0 aromatic carbocycles. The van der Waals surface area contributed by atoms with Crippen LogP contribution in [-0.2, 0) is 0 Å². The summed E-state index contributed by atoms with van der Waals surface area (Å²) in [6, 6.07) is 0. The molecule has 0 saturated carbocycles. The second-order valence-corrected chi connectivity index (χ2v) is 3.28. The Balaban J connectivity index is 0.000000980. The SMILES string of the molecule is Cc1cn2nc(C)c(N)c2nc1C.Cl. The summed E-state index contributed by atoms with van der Waals surface area (Å²) in [6.07, 6.45) is 1.95. The maximum atomic E-state index is 5.81. The van der Waals surface area contributed by atoms with Crippen LogP contribution in [0.5, 0.6) is 0 Å². The van der Waals surface area contributed by atoms with E-state index in [0.717, 1.165) is 22.6 Å². The van der Waals surface area contributed by atoms with Crippen LogP contribution in [0.4, 0.5) is 5.69 Å². The molecule has 2 aromatic rings. The number of nitrogen functional groups attached to an aromatic ring is 1. The van der Waals surface area contributed by atoms with E-state index < -0.39 is 0 Å². The standard InChI is InChI=1S/C9H12N4.ClH/c1-5-4-13-9(11-6(5)2)8(10)7(3)12-13;/h4H,10H2,1-3H3;1H. The number of aryl methyl sites for hydroxylation is 3. The molecule has 2 aromatic heterocycles. The van der Waals surface area contributed by atoms with Crippen molar-refractivity contribution in [3.63, 3.8) is 0 Å². The molecule has 0 unspecified atom stereocenters. The molecule has 0 fully saturated rings. The van der Waals surface area contributed by atoms with Crippen molar-refractivity contribution in [1.82, 2.24) is 14.6 Å². The number of aromatic nitrogens is 3. The molecule has 0 amide bonds. The van der Waals surface area contributed by atoms with Gasteiger partial charge >= 0.3 is 0 Å². The molecular formula is C9H13ClN4. The van der Waals surface area contributed by atoms with Crippen LogP contribution in [0.3, 0.4) is 0 Å². The Morgan fingerprint density at radius 3 is 2.50 bits per heavy atom. The molecule has 0 aliphatic carbocycles. The third-order valence-corrected chi connectivity index (χ3v) is 2.27. The first-order valence-electron chi connectivity index (χ1n) is 4.18. The lowest BCUT2D eigenvalue weighted by molar-refractivity contribution is 0.897. The van der Waals surface area contributed by atoms with Gasteiger partial charge < -0.3 is 5.73 Å². The van der Waals surface area contributed by atoms with E-state index in [-0.39, 0.29) is 12.4 Å². The molecule has 5 heteroatoms. The number of anilines is 1. The van der Waals surface area contributed by atoms with E-state index in [4.69, 9.17) is 5.73 Å². The van der Waals surface area contributed by atoms with E-state index in [2.05, 4.69) is 10.1 Å². The fraction of sp³-hybridized carbons (Fsp3) is 0.333. The van der Waals surface area contributed by atoms with Gasteiger partial charge in [0.25, 0.3) is 0 Å². The predicted molar refractivity (Wildman–Crippen MR) is 58.9 cm³/mol. The van der Waals surface area contributed by atoms with Crippen molar-refractivity contribution in [3.05, 3.63) is 23.1 Å². The minimum Gasteiger partial charge on any atom is -0.394 e. The molecule has 0 saturated heterocycles. The van der Waals surface area contributed by atoms with Gasteiger partial charge in [-0.05, 0) is 26.3 Å². The fourth-order valence-electron chi connectivity index (χ4n) is 1.27. The highest BCUT2D eigenvalue weighted by Gasteiger charge is 2.07. The fourth-order valence-corrected chi connectivity index (χ4v) is 1.27. The highest BCUT2D eigenvalue weighted by atomic mass is 35.5. The minimum absolute atomic E-state index is 0. The lowest BCUT2D eigenvalue weighted by Crippen LogP contribution is -1.96. The smallest absolute Gasteiger partial charge is 0.178 e. The molecule has 14 heavy (non-hydrogen) atoms. The van der Waals surface area contributed by atoms with E-state index >= 15 is 0 Å². The Labute approximate surface area is 88.5 Å². The molecule has 2 heterocycles. The highest BCUT2D eigenvalue weighted by Crippen LogP contribution is 2.16. The average Bonchev–Trinajstić information content (AvgIpc) is 2.32. The molecule has 0 aliphatic heterocycles. The van der Waals surface area contributed by atoms with Gasteiger partial charge in [-0.15, -0.1) is 12.4 Å². The summed E-state index contributed by atoms with van der Waals surface area (Å²) < 4.78 is 1.73. The molecule has 0 atom stereocenters. The summed E-state index contributed by atoms with van der Waals surface area (Å²) in [5, 5.41) is 4.24. The number of halogens is 1. The van der Waals surface area contributed by atoms with Crippen molar-refractivity contribution in [2.24, 2.45) is 0 Å². The number of fused-ring (bicyclic) bond motifs is 1. The predicted octanol–water partition coefficient (Wildman–Crippen LogP) is 1.66. The van der Waals surface area contributed by atoms with Crippen molar-refractivity contribution >= 4 is 23.7 Å². The van der Waals surface area contributed by atoms with Crippen LogP contribution < -0.4 is 5.73 Å². The van der Waals surface area contributed by atoms with Crippen molar-refractivity contribution < 1.29 is 0 Å². The van der Waals surface area contributed by atoms with Crippen LogP contribution in [0.25, 0.3) is 5.65 Å². The average molecular weight is 213 g/mol. The monoisotopic (exact) mass is 212 g/mol. The van der Waals surface area contributed by atoms with Gasteiger partial charge in [-0.25, -0.2) is 9.50 Å². The van der Waals surface area contributed by atoms with Gasteiger partial charge in [-0.3, -0.25) is 0 Å². The number of hydrogen-bond donors (Lipinski definition) is 1. The lowest BCUT2D eigenvalue weighted by atomic mass is 10.3. The summed E-state index contributed by atoms with van der Waals surface area (Å²) in [6.45, 7) is 5.86. The maximum absolute atomic E-state index is 5.81. The summed E-state index contributed by atoms with van der Waals surface area (Å²) in [4.78, 5) is 4.37. The molecule has 2 N–H and O–H groups in total. The van der Waals surface area contributed by atoms with Crippen molar-refractivity contribution in [3.8, 4) is 0 Å². The van der Waals surface area contributed by atoms with Gasteiger partial charge in [0.1, 0.15) is 5.69 Å². The normalized spacial score (nSPS) is 10.2. The van der Waals surface area contributed by atoms with E-state index in [9.17, 15) is 0 Å². The molecule has 4 nitrogen and oxygen atoms in total. The van der Waals surface area contributed by atoms with Crippen molar-refractivity contribution in [1.29, 1.82) is 0 Å². The van der Waals surface area contributed by atoms with Gasteiger partial charge in [-0.1, -0.05) is 0 Å². The van der Waals surface area contributed by atoms with Gasteiger partial charge in [-0.2, -0.15) is 5.10 Å². The van der Waals surface area contributed by atoms with E-state index in [0.29, 0.717) is 5.69 Å². The number of nitrogens with two attached hydrogens (primary N) is 1. The Bertz CT molecular complexity index is 475. The van der Waals surface area contributed by atoms with Crippen LogP contribution in [0, 0.1) is 20.8 Å². The highest BCUT2D eigenvalue weighted by molar-refractivity contribution is 5.85. The van der Waals surface area contributed by atoms with Gasteiger partial charge in [0.15, 0.2) is 5.65 Å². The van der Waals surface area contributed by atoms with E-state index in [1.807, 2.05) is 27.0 Å². The minimum atomic E-state index is 0. The second-order valence-electron chi connectivity index (χ2n) is 3.28. The maximum Gasteiger partial charge on any atom is 0.178 e. The Morgan fingerprint density at radius 2 is 1.86 bits per heavy atom. The van der Waals surface area contributed by atoms with E-state index in [1.165, 1.54) is 0 Å². The number of rotatable bonds is 0. The summed E-state index contributed by atoms with van der Waals surface area (Å²) in [5.41, 5.74) is 10.2. The second kappa shape index (κ2) is 3.46. The molecule has 0 aliphatic rings. The van der Waals surface area contributed by atoms with Crippen molar-refractivity contribution in [2.75, 3.05) is 5.73 Å². The van der Waals surface area contributed by atoms with E-state index in [1.54, 1.807) is 4.52 Å². The first kappa shape index (κ1) is 10.8. The summed E-state index contributed by atoms with van der Waals surface area (Å²) in [5.74, 6) is 0. The molecule has 0 radical (unpaired) electrons. The molecule has 0 bridgehead atoms. The van der Waals surface area contributed by atoms with Crippen LogP contribution in [-0.4, -0.2) is 14.6 Å². The Hall–Kier alpha value is -1.29. The number of hydrogen-bond acceptors (Lipinski definition) is 3. The van der Waals surface area contributed by atoms with Crippen LogP contribution in [0.2, 0.25) is 0 Å². The van der Waals surface area contributed by atoms with Crippen molar-refractivity contribution in [2.45, 2.75) is 20.8 Å². The van der Waals surface area contributed by atoms with Crippen LogP contribution in [0.1, 0.15) is 17.0 Å². The van der Waals surface area contributed by atoms with Gasteiger partial charge in [0.05, 0.1) is 5.69 Å². The Kier molecular flexibility index (Phi) is 2.66. The molecule has 2 rings (SSSR count). The zero-order chi connectivity index (χ0) is 9.59. The zero-order valence-electron chi connectivity index (χ0n) is 8.40. The van der Waals surface area contributed by atoms with Gasteiger partial charge in [0, 0.05) is 11.9 Å². The van der Waals surface area contributed by atoms with Crippen LogP contribution in [0.15, 0.2) is 6.20 Å². The third-order valence-electron chi connectivity index (χ3n) is 2.27. The van der Waals surface area contributed by atoms with Crippen LogP contribution >= 0.6 is 12.4 Å². The Morgan fingerprint density at radius 1 is 1.21 bits per heavy atom. The molecular weight excluding hydrogens is 200 g/mol. The zero-order valence-corrected chi connectivity index (χ0v) is 9.22. The summed E-state index contributed by atoms with van der Waals surface area (Å²) in [7, 11) is 0. The first-order valence-corrected chi connectivity index (χ1v) is 4.18. The number of nitrogens with zero attached hydrogens (tertiary/aromatic N) is 3. The lowest BCUT2D eigenvalue weighted by Gasteiger charge is -1.99. The van der Waals surface area contributed by atoms with Gasteiger partial charge in [0.2, 0.25) is 0 Å². The molecule has 0 spiro atoms.